The fourth-order valence-electron chi connectivity index (χ4n) is 2.31. The quantitative estimate of drug-likeness (QED) is 0.808. The third kappa shape index (κ3) is 7.34. The summed E-state index contributed by atoms with van der Waals surface area (Å²) in [6.45, 7) is 6.36. The molecule has 142 valence electrons. The zero-order valence-electron chi connectivity index (χ0n) is 15.4. The highest BCUT2D eigenvalue weighted by Crippen LogP contribution is 2.35. The maximum Gasteiger partial charge on any atom is 0.419 e. The van der Waals surface area contributed by atoms with Crippen LogP contribution < -0.4 is 10.1 Å². The largest absolute Gasteiger partial charge is 0.483 e. The minimum atomic E-state index is -4.52. The molecule has 0 fully saturated rings. The van der Waals surface area contributed by atoms with Crippen LogP contribution in [0.25, 0.3) is 0 Å². The maximum atomic E-state index is 12.9. The van der Waals surface area contributed by atoms with Gasteiger partial charge < -0.3 is 15.0 Å². The van der Waals surface area contributed by atoms with Crippen molar-refractivity contribution in [1.29, 1.82) is 0 Å². The third-order valence-corrected chi connectivity index (χ3v) is 3.80. The highest BCUT2D eigenvalue weighted by Gasteiger charge is 2.34. The zero-order valence-corrected chi connectivity index (χ0v) is 15.4. The number of nitrogens with one attached hydrogen (secondary N) is 1. The molecule has 1 N–H and O–H groups in total. The number of alkyl halides is 3. The number of carbonyl (C=O) groups excluding carboxylic acids is 1. The Morgan fingerprint density at radius 2 is 1.80 bits per heavy atom. The molecule has 0 radical (unpaired) electrons. The van der Waals surface area contributed by atoms with Gasteiger partial charge in [0, 0.05) is 6.04 Å². The molecule has 0 bridgehead atoms. The van der Waals surface area contributed by atoms with E-state index in [0.29, 0.717) is 0 Å². The lowest BCUT2D eigenvalue weighted by Crippen LogP contribution is -2.46. The zero-order chi connectivity index (χ0) is 19.3. The number of halogens is 3. The summed E-state index contributed by atoms with van der Waals surface area (Å²) >= 11 is 0. The molecule has 0 aliphatic heterocycles. The van der Waals surface area contributed by atoms with Crippen molar-refractivity contribution in [3.63, 3.8) is 0 Å². The van der Waals surface area contributed by atoms with E-state index in [1.54, 1.807) is 0 Å². The van der Waals surface area contributed by atoms with Gasteiger partial charge in [0.05, 0.1) is 5.56 Å². The van der Waals surface area contributed by atoms with E-state index >= 15 is 0 Å². The Balaban J connectivity index is 2.70. The number of rotatable bonds is 7. The van der Waals surface area contributed by atoms with Crippen LogP contribution in [0.4, 0.5) is 13.2 Å². The maximum absolute atomic E-state index is 12.9. The van der Waals surface area contributed by atoms with E-state index in [4.69, 9.17) is 4.74 Å². The second-order valence-electron chi connectivity index (χ2n) is 7.36. The van der Waals surface area contributed by atoms with Crippen LogP contribution in [0, 0.1) is 5.41 Å². The van der Waals surface area contributed by atoms with E-state index in [2.05, 4.69) is 5.32 Å². The van der Waals surface area contributed by atoms with Crippen LogP contribution in [0.5, 0.6) is 5.75 Å². The number of ether oxygens (including phenoxy) is 1. The molecule has 0 saturated carbocycles. The van der Waals surface area contributed by atoms with E-state index < -0.39 is 24.3 Å². The molecule has 4 nitrogen and oxygen atoms in total. The lowest BCUT2D eigenvalue weighted by atomic mass is 9.84. The summed E-state index contributed by atoms with van der Waals surface area (Å²) in [5.41, 5.74) is -1.06. The summed E-state index contributed by atoms with van der Waals surface area (Å²) in [7, 11) is 3.89. The van der Waals surface area contributed by atoms with Crippen molar-refractivity contribution in [3.05, 3.63) is 29.8 Å². The molecule has 1 aromatic rings. The summed E-state index contributed by atoms with van der Waals surface area (Å²) in [4.78, 5) is 14.2. The molecule has 0 spiro atoms. The van der Waals surface area contributed by atoms with Gasteiger partial charge in [0.1, 0.15) is 5.75 Å². The summed E-state index contributed by atoms with van der Waals surface area (Å²) in [6.07, 6.45) is -3.78. The molecular weight excluding hydrogens is 333 g/mol. The van der Waals surface area contributed by atoms with Crippen LogP contribution in [0.1, 0.15) is 32.8 Å². The SMILES string of the molecule is CN(C)CCC(NC(=O)COc1ccccc1C(F)(F)F)C(C)(C)C. The van der Waals surface area contributed by atoms with Crippen molar-refractivity contribution >= 4 is 5.91 Å². The monoisotopic (exact) mass is 360 g/mol. The predicted octanol–water partition coefficient (Wildman–Crippen LogP) is 3.57. The van der Waals surface area contributed by atoms with Crippen LogP contribution in [0.2, 0.25) is 0 Å². The highest BCUT2D eigenvalue weighted by atomic mass is 19.4. The van der Waals surface area contributed by atoms with E-state index in [1.807, 2.05) is 39.8 Å². The number of amides is 1. The number of benzene rings is 1. The Hall–Kier alpha value is -1.76. The van der Waals surface area contributed by atoms with Gasteiger partial charge in [-0.1, -0.05) is 32.9 Å². The first-order chi connectivity index (χ1) is 11.4. The Labute approximate surface area is 147 Å². The molecule has 0 heterocycles. The van der Waals surface area contributed by atoms with Crippen molar-refractivity contribution in [3.8, 4) is 5.75 Å². The Morgan fingerprint density at radius 3 is 2.32 bits per heavy atom. The van der Waals surface area contributed by atoms with Crippen molar-refractivity contribution < 1.29 is 22.7 Å². The second-order valence-corrected chi connectivity index (χ2v) is 7.36. The van der Waals surface area contributed by atoms with Crippen LogP contribution in [-0.4, -0.2) is 44.1 Å². The molecule has 25 heavy (non-hydrogen) atoms. The number of nitrogens with zero attached hydrogens (tertiary/aromatic N) is 1. The van der Waals surface area contributed by atoms with E-state index in [0.717, 1.165) is 19.0 Å². The first-order valence-corrected chi connectivity index (χ1v) is 8.14. The Bertz CT molecular complexity index is 566. The van der Waals surface area contributed by atoms with Crippen molar-refractivity contribution in [2.45, 2.75) is 39.4 Å². The summed E-state index contributed by atoms with van der Waals surface area (Å²) < 4.78 is 43.9. The van der Waals surface area contributed by atoms with Gasteiger partial charge in [-0.2, -0.15) is 13.2 Å². The van der Waals surface area contributed by atoms with Gasteiger partial charge in [-0.3, -0.25) is 4.79 Å². The molecule has 1 unspecified atom stereocenters. The van der Waals surface area contributed by atoms with Gasteiger partial charge in [-0.25, -0.2) is 0 Å². The number of hydrogen-bond acceptors (Lipinski definition) is 3. The van der Waals surface area contributed by atoms with E-state index in [9.17, 15) is 18.0 Å². The van der Waals surface area contributed by atoms with Gasteiger partial charge >= 0.3 is 6.18 Å². The summed E-state index contributed by atoms with van der Waals surface area (Å²) in [5.74, 6) is -0.776. The smallest absolute Gasteiger partial charge is 0.419 e. The third-order valence-electron chi connectivity index (χ3n) is 3.80. The minimum absolute atomic E-state index is 0.108. The van der Waals surface area contributed by atoms with Crippen LogP contribution in [0.15, 0.2) is 24.3 Å². The van der Waals surface area contributed by atoms with Gasteiger partial charge in [0.2, 0.25) is 0 Å². The fourth-order valence-corrected chi connectivity index (χ4v) is 2.31. The molecule has 0 aliphatic rings. The van der Waals surface area contributed by atoms with Crippen molar-refractivity contribution in [2.24, 2.45) is 5.41 Å². The highest BCUT2D eigenvalue weighted by molar-refractivity contribution is 5.78. The van der Waals surface area contributed by atoms with Crippen LogP contribution in [0.3, 0.4) is 0 Å². The molecule has 1 rings (SSSR count). The van der Waals surface area contributed by atoms with Gasteiger partial charge in [-0.15, -0.1) is 0 Å². The molecule has 0 aromatic heterocycles. The number of carbonyl (C=O) groups is 1. The standard InChI is InChI=1S/C18H27F3N2O2/c1-17(2,3)15(10-11-23(4)5)22-16(24)12-25-14-9-7-6-8-13(14)18(19,20)21/h6-9,15H,10-12H2,1-5H3,(H,22,24). The number of para-hydroxylation sites is 1. The summed E-state index contributed by atoms with van der Waals surface area (Å²) in [6, 6.07) is 4.76. The van der Waals surface area contributed by atoms with Crippen molar-refractivity contribution in [2.75, 3.05) is 27.2 Å². The van der Waals surface area contributed by atoms with Gasteiger partial charge in [-0.05, 0) is 44.6 Å². The minimum Gasteiger partial charge on any atom is -0.483 e. The fraction of sp³-hybridized carbons (Fsp3) is 0.611. The van der Waals surface area contributed by atoms with Crippen LogP contribution in [-0.2, 0) is 11.0 Å². The summed E-state index contributed by atoms with van der Waals surface area (Å²) in [5, 5.41) is 2.87. The lowest BCUT2D eigenvalue weighted by Gasteiger charge is -2.32. The molecule has 1 amide bonds. The normalized spacial score (nSPS) is 13.6. The van der Waals surface area contributed by atoms with Crippen LogP contribution >= 0.6 is 0 Å². The Morgan fingerprint density at radius 1 is 1.20 bits per heavy atom. The number of hydrogen-bond donors (Lipinski definition) is 1. The molecule has 0 saturated heterocycles. The first-order valence-electron chi connectivity index (χ1n) is 8.14. The van der Waals surface area contributed by atoms with Crippen molar-refractivity contribution in [1.82, 2.24) is 10.2 Å². The Kier molecular flexibility index (Phi) is 7.29. The van der Waals surface area contributed by atoms with E-state index in [-0.39, 0.29) is 17.2 Å². The average molecular weight is 360 g/mol. The lowest BCUT2D eigenvalue weighted by molar-refractivity contribution is -0.139. The molecule has 1 atom stereocenters. The molecule has 7 heteroatoms. The topological polar surface area (TPSA) is 41.6 Å². The molecule has 0 aliphatic carbocycles. The predicted molar refractivity (Wildman–Crippen MR) is 91.5 cm³/mol. The second kappa shape index (κ2) is 8.56. The molecule has 1 aromatic carbocycles. The molecular formula is C18H27F3N2O2. The van der Waals surface area contributed by atoms with E-state index in [1.165, 1.54) is 18.2 Å². The van der Waals surface area contributed by atoms with Gasteiger partial charge in [0.25, 0.3) is 5.91 Å². The first kappa shape index (κ1) is 21.3. The van der Waals surface area contributed by atoms with Gasteiger partial charge in [0.15, 0.2) is 6.61 Å². The average Bonchev–Trinajstić information content (AvgIpc) is 2.47.